The molecule has 4 heteroatoms. The lowest BCUT2D eigenvalue weighted by atomic mass is 9.97. The van der Waals surface area contributed by atoms with E-state index in [1.165, 1.54) is 30.2 Å². The third kappa shape index (κ3) is 3.49. The van der Waals surface area contributed by atoms with Gasteiger partial charge in [0.15, 0.2) is 0 Å². The Balaban J connectivity index is 1.80. The maximum atomic E-state index is 4.40. The second kappa shape index (κ2) is 6.45. The van der Waals surface area contributed by atoms with Gasteiger partial charge in [0, 0.05) is 37.7 Å². The van der Waals surface area contributed by atoms with E-state index in [1.807, 2.05) is 12.4 Å². The van der Waals surface area contributed by atoms with Gasteiger partial charge in [-0.2, -0.15) is 11.8 Å². The molecule has 0 spiro atoms. The van der Waals surface area contributed by atoms with Crippen molar-refractivity contribution in [2.24, 2.45) is 13.0 Å². The van der Waals surface area contributed by atoms with Crippen LogP contribution in [0.5, 0.6) is 0 Å². The molecule has 96 valence electrons. The maximum Gasteiger partial charge on any atom is 0.108 e. The van der Waals surface area contributed by atoms with E-state index in [0.29, 0.717) is 0 Å². The second-order valence-electron chi connectivity index (χ2n) is 4.85. The average molecular weight is 253 g/mol. The van der Waals surface area contributed by atoms with Crippen LogP contribution in [-0.2, 0) is 13.5 Å². The molecule has 1 aromatic heterocycles. The van der Waals surface area contributed by atoms with E-state index in [-0.39, 0.29) is 0 Å². The quantitative estimate of drug-likeness (QED) is 0.842. The van der Waals surface area contributed by atoms with Crippen LogP contribution in [0.3, 0.4) is 0 Å². The molecule has 0 bridgehead atoms. The number of imidazole rings is 1. The summed E-state index contributed by atoms with van der Waals surface area (Å²) in [6.07, 6.45) is 7.53. The molecule has 1 fully saturated rings. The first kappa shape index (κ1) is 13.0. The standard InChI is InChI=1S/C13H23N3S/c1-3-6-14-12-10-17-9-11(12)4-5-13-15-7-8-16(13)2/h7-8,11-12,14H,3-6,9-10H2,1-2H3. The maximum absolute atomic E-state index is 4.40. The molecule has 2 unspecified atom stereocenters. The molecule has 0 aliphatic carbocycles. The Bertz CT molecular complexity index is 337. The Morgan fingerprint density at radius 1 is 1.53 bits per heavy atom. The van der Waals surface area contributed by atoms with Gasteiger partial charge in [0.2, 0.25) is 0 Å². The van der Waals surface area contributed by atoms with Crippen molar-refractivity contribution in [3.63, 3.8) is 0 Å². The summed E-state index contributed by atoms with van der Waals surface area (Å²) < 4.78 is 2.14. The van der Waals surface area contributed by atoms with E-state index in [1.54, 1.807) is 0 Å². The van der Waals surface area contributed by atoms with Crippen LogP contribution < -0.4 is 5.32 Å². The number of hydrogen-bond acceptors (Lipinski definition) is 3. The molecule has 1 N–H and O–H groups in total. The van der Waals surface area contributed by atoms with E-state index in [9.17, 15) is 0 Å². The van der Waals surface area contributed by atoms with E-state index >= 15 is 0 Å². The number of rotatable bonds is 6. The molecular formula is C13H23N3S. The minimum absolute atomic E-state index is 0.722. The van der Waals surface area contributed by atoms with E-state index < -0.39 is 0 Å². The summed E-state index contributed by atoms with van der Waals surface area (Å²) in [4.78, 5) is 4.40. The van der Waals surface area contributed by atoms with Gasteiger partial charge in [-0.25, -0.2) is 4.98 Å². The fraction of sp³-hybridized carbons (Fsp3) is 0.769. The zero-order valence-corrected chi connectivity index (χ0v) is 11.7. The number of nitrogens with one attached hydrogen (secondary N) is 1. The predicted octanol–water partition coefficient (Wildman–Crippen LogP) is 2.08. The first-order chi connectivity index (χ1) is 8.31. The monoisotopic (exact) mass is 253 g/mol. The molecule has 1 aliphatic heterocycles. The van der Waals surface area contributed by atoms with Gasteiger partial charge in [-0.1, -0.05) is 6.92 Å². The first-order valence-electron chi connectivity index (χ1n) is 6.58. The minimum Gasteiger partial charge on any atom is -0.338 e. The van der Waals surface area contributed by atoms with E-state index in [4.69, 9.17) is 0 Å². The first-order valence-corrected chi connectivity index (χ1v) is 7.74. The van der Waals surface area contributed by atoms with Crippen molar-refractivity contribution in [1.82, 2.24) is 14.9 Å². The van der Waals surface area contributed by atoms with Gasteiger partial charge in [0.1, 0.15) is 5.82 Å². The van der Waals surface area contributed by atoms with Crippen molar-refractivity contribution < 1.29 is 0 Å². The molecule has 0 saturated carbocycles. The van der Waals surface area contributed by atoms with Crippen LogP contribution in [0.15, 0.2) is 12.4 Å². The topological polar surface area (TPSA) is 29.9 Å². The number of nitrogens with zero attached hydrogens (tertiary/aromatic N) is 2. The Labute approximate surface area is 108 Å². The number of aryl methyl sites for hydroxylation is 2. The molecule has 0 radical (unpaired) electrons. The van der Waals surface area contributed by atoms with Crippen molar-refractivity contribution in [2.45, 2.75) is 32.2 Å². The highest BCUT2D eigenvalue weighted by Gasteiger charge is 2.26. The zero-order valence-electron chi connectivity index (χ0n) is 10.9. The summed E-state index contributed by atoms with van der Waals surface area (Å²) in [5.74, 6) is 4.64. The van der Waals surface area contributed by atoms with Gasteiger partial charge in [-0.05, 0) is 31.1 Å². The van der Waals surface area contributed by atoms with Crippen molar-refractivity contribution in [1.29, 1.82) is 0 Å². The lowest BCUT2D eigenvalue weighted by molar-refractivity contribution is 0.401. The van der Waals surface area contributed by atoms with Crippen molar-refractivity contribution in [2.75, 3.05) is 18.1 Å². The molecule has 0 aromatic carbocycles. The second-order valence-corrected chi connectivity index (χ2v) is 5.93. The van der Waals surface area contributed by atoms with Gasteiger partial charge in [-0.15, -0.1) is 0 Å². The highest BCUT2D eigenvalue weighted by Crippen LogP contribution is 2.27. The van der Waals surface area contributed by atoms with Crippen molar-refractivity contribution >= 4 is 11.8 Å². The molecule has 2 atom stereocenters. The SMILES string of the molecule is CCCNC1CSCC1CCc1nccn1C. The Morgan fingerprint density at radius 2 is 2.41 bits per heavy atom. The molecule has 3 nitrogen and oxygen atoms in total. The summed E-state index contributed by atoms with van der Waals surface area (Å²) in [6.45, 7) is 3.39. The average Bonchev–Trinajstić information content (AvgIpc) is 2.93. The highest BCUT2D eigenvalue weighted by atomic mass is 32.2. The summed E-state index contributed by atoms with van der Waals surface area (Å²) in [6, 6.07) is 0.722. The summed E-state index contributed by atoms with van der Waals surface area (Å²) >= 11 is 2.09. The van der Waals surface area contributed by atoms with Gasteiger partial charge >= 0.3 is 0 Å². The summed E-state index contributed by atoms with van der Waals surface area (Å²) in [5.41, 5.74) is 0. The third-order valence-corrected chi connectivity index (χ3v) is 4.77. The smallest absolute Gasteiger partial charge is 0.108 e. The van der Waals surface area contributed by atoms with Crippen LogP contribution in [0.4, 0.5) is 0 Å². The molecular weight excluding hydrogens is 230 g/mol. The Hall–Kier alpha value is -0.480. The van der Waals surface area contributed by atoms with Crippen molar-refractivity contribution in [3.05, 3.63) is 18.2 Å². The zero-order chi connectivity index (χ0) is 12.1. The van der Waals surface area contributed by atoms with E-state index in [2.05, 4.69) is 40.6 Å². The van der Waals surface area contributed by atoms with Gasteiger partial charge in [-0.3, -0.25) is 0 Å². The van der Waals surface area contributed by atoms with Crippen LogP contribution in [0.25, 0.3) is 0 Å². The summed E-state index contributed by atoms with van der Waals surface area (Å²) in [7, 11) is 2.08. The van der Waals surface area contributed by atoms with Crippen LogP contribution in [0.2, 0.25) is 0 Å². The Morgan fingerprint density at radius 3 is 3.12 bits per heavy atom. The molecule has 17 heavy (non-hydrogen) atoms. The van der Waals surface area contributed by atoms with Crippen LogP contribution in [0, 0.1) is 5.92 Å². The molecule has 0 amide bonds. The van der Waals surface area contributed by atoms with Crippen molar-refractivity contribution in [3.8, 4) is 0 Å². The number of hydrogen-bond donors (Lipinski definition) is 1. The minimum atomic E-state index is 0.722. The van der Waals surface area contributed by atoms with Crippen LogP contribution in [-0.4, -0.2) is 33.6 Å². The Kier molecular flexibility index (Phi) is 4.92. The molecule has 1 aromatic rings. The van der Waals surface area contributed by atoms with E-state index in [0.717, 1.165) is 24.9 Å². The lowest BCUT2D eigenvalue weighted by Crippen LogP contribution is -2.36. The molecule has 1 aliphatic rings. The molecule has 2 heterocycles. The molecule has 1 saturated heterocycles. The largest absolute Gasteiger partial charge is 0.338 e. The van der Waals surface area contributed by atoms with Crippen LogP contribution in [0.1, 0.15) is 25.6 Å². The lowest BCUT2D eigenvalue weighted by Gasteiger charge is -2.19. The highest BCUT2D eigenvalue weighted by molar-refractivity contribution is 7.99. The van der Waals surface area contributed by atoms with Gasteiger partial charge in [0.05, 0.1) is 0 Å². The normalized spacial score (nSPS) is 24.4. The fourth-order valence-corrected chi connectivity index (χ4v) is 3.87. The fourth-order valence-electron chi connectivity index (χ4n) is 2.39. The van der Waals surface area contributed by atoms with Gasteiger partial charge in [0.25, 0.3) is 0 Å². The summed E-state index contributed by atoms with van der Waals surface area (Å²) in [5, 5.41) is 3.68. The van der Waals surface area contributed by atoms with Crippen LogP contribution >= 0.6 is 11.8 Å². The number of thioether (sulfide) groups is 1. The van der Waals surface area contributed by atoms with Gasteiger partial charge < -0.3 is 9.88 Å². The number of aromatic nitrogens is 2. The molecule has 2 rings (SSSR count). The third-order valence-electron chi connectivity index (χ3n) is 3.51. The predicted molar refractivity (Wildman–Crippen MR) is 74.4 cm³/mol.